The molecule has 2 saturated heterocycles. The number of halogens is 1. The van der Waals surface area contributed by atoms with Crippen LogP contribution in [0.1, 0.15) is 97.1 Å². The van der Waals surface area contributed by atoms with E-state index in [0.29, 0.717) is 48.6 Å². The van der Waals surface area contributed by atoms with Crippen LogP contribution in [0.5, 0.6) is 5.75 Å². The van der Waals surface area contributed by atoms with Crippen LogP contribution in [0, 0.1) is 33.1 Å². The monoisotopic (exact) mass is 1050 g/mol. The Morgan fingerprint density at radius 3 is 2.27 bits per heavy atom. The van der Waals surface area contributed by atoms with Crippen LogP contribution in [0.2, 0.25) is 5.02 Å². The molecule has 3 aliphatic rings. The second-order valence-corrected chi connectivity index (χ2v) is 22.5. The molecule has 4 amide bonds. The number of anilines is 1. The third-order valence-corrected chi connectivity index (χ3v) is 16.3. The number of thiophene rings is 1. The molecule has 0 bridgehead atoms. The summed E-state index contributed by atoms with van der Waals surface area (Å²) < 4.78 is 7.89. The molecule has 17 nitrogen and oxygen atoms in total. The highest BCUT2D eigenvalue weighted by molar-refractivity contribution is 7.15. The molecule has 3 aliphatic heterocycles. The van der Waals surface area contributed by atoms with Gasteiger partial charge in [0.15, 0.2) is 12.4 Å². The highest BCUT2D eigenvalue weighted by atomic mass is 35.5. The van der Waals surface area contributed by atoms with Crippen molar-refractivity contribution in [2.75, 3.05) is 44.2 Å². The van der Waals surface area contributed by atoms with Crippen molar-refractivity contribution in [2.45, 2.75) is 98.5 Å². The molecular formula is C53H60ClN11O6S2. The van der Waals surface area contributed by atoms with Gasteiger partial charge in [-0.15, -0.1) is 32.9 Å². The van der Waals surface area contributed by atoms with Crippen LogP contribution in [-0.4, -0.2) is 126 Å². The fourth-order valence-electron chi connectivity index (χ4n) is 9.62. The summed E-state index contributed by atoms with van der Waals surface area (Å²) in [6.07, 6.45) is 0.833. The summed E-state index contributed by atoms with van der Waals surface area (Å²) in [4.78, 5) is 77.3. The Morgan fingerprint density at radius 2 is 1.62 bits per heavy atom. The van der Waals surface area contributed by atoms with E-state index < -0.39 is 41.5 Å². The van der Waals surface area contributed by atoms with Gasteiger partial charge in [0.1, 0.15) is 40.5 Å². The van der Waals surface area contributed by atoms with Crippen molar-refractivity contribution in [2.24, 2.45) is 10.4 Å². The van der Waals surface area contributed by atoms with Crippen molar-refractivity contribution in [1.29, 1.82) is 0 Å². The number of ether oxygens (including phenoxy) is 1. The molecule has 20 heteroatoms. The first-order chi connectivity index (χ1) is 34.8. The van der Waals surface area contributed by atoms with Gasteiger partial charge in [-0.25, -0.2) is 9.97 Å². The first-order valence-corrected chi connectivity index (χ1v) is 26.5. The Hall–Kier alpha value is -6.54. The van der Waals surface area contributed by atoms with Crippen LogP contribution in [0.3, 0.4) is 0 Å². The van der Waals surface area contributed by atoms with Gasteiger partial charge >= 0.3 is 0 Å². The van der Waals surface area contributed by atoms with Crippen molar-refractivity contribution in [1.82, 2.24) is 45.2 Å². The lowest BCUT2D eigenvalue weighted by Gasteiger charge is -2.36. The SMILES string of the molecule is Cc1ncsc1-c1ccc([C@H](C)NC(=O)[C@@H]2C[C@@H](O)CN2C(=O)C(NC(=O)COc2ccc(N3CCN(C(=O)C[C@@H]4N=C(c5ccc(Cl)cc5)c5c(sc(C)c5C)-n5c(C)nnc54)CC3)nc2)C(C)(C)C)cc1. The highest BCUT2D eigenvalue weighted by Gasteiger charge is 2.45. The zero-order chi connectivity index (χ0) is 51.9. The Kier molecular flexibility index (Phi) is 14.9. The van der Waals surface area contributed by atoms with Crippen molar-refractivity contribution < 1.29 is 29.0 Å². The highest BCUT2D eigenvalue weighted by Crippen LogP contribution is 2.40. The number of piperazine rings is 1. The summed E-state index contributed by atoms with van der Waals surface area (Å²) in [6, 6.07) is 16.2. The van der Waals surface area contributed by atoms with Crippen molar-refractivity contribution >= 4 is 69.4 Å². The number of benzene rings is 2. The fraction of sp³-hybridized carbons (Fsp3) is 0.415. The van der Waals surface area contributed by atoms with E-state index in [9.17, 15) is 24.3 Å². The zero-order valence-corrected chi connectivity index (χ0v) is 44.6. The van der Waals surface area contributed by atoms with Crippen molar-refractivity contribution in [3.8, 4) is 21.2 Å². The number of fused-ring (bicyclic) bond motifs is 3. The van der Waals surface area contributed by atoms with Crippen molar-refractivity contribution in [3.63, 3.8) is 0 Å². The standard InChI is InChI=1S/C53H60ClN11O6S2/c1-29-32(4)73-52-45(29)46(35-13-15-37(54)16-14-35)58-40(49-61-60-33(5)65(49)52)24-44(68)63-21-19-62(20-22-63)42-18-17-39(25-55-42)71-27-43(67)59-48(53(6,7)8)51(70)64-26-38(66)23-41(64)50(69)57-30(2)34-9-11-36(12-10-34)47-31(3)56-28-72-47/h9-18,25,28,30,38,40-41,48,66H,19-24,26-27H2,1-8H3,(H,57,69)(H,59,67)/t30-,38+,40-,41-,48?/m0/s1. The Labute approximate surface area is 437 Å². The lowest BCUT2D eigenvalue weighted by molar-refractivity contribution is -0.144. The molecule has 0 radical (unpaired) electrons. The number of aliphatic hydroxyl groups excluding tert-OH is 1. The molecule has 9 rings (SSSR count). The van der Waals surface area contributed by atoms with Crippen molar-refractivity contribution in [3.05, 3.63) is 122 Å². The number of pyridine rings is 1. The fourth-order valence-corrected chi connectivity index (χ4v) is 11.8. The van der Waals surface area contributed by atoms with E-state index in [1.165, 1.54) is 9.78 Å². The number of likely N-dealkylation sites (tertiary alicyclic amines) is 1. The molecule has 73 heavy (non-hydrogen) atoms. The molecule has 5 atom stereocenters. The topological polar surface area (TPSA) is 200 Å². The second kappa shape index (κ2) is 21.1. The zero-order valence-electron chi connectivity index (χ0n) is 42.2. The summed E-state index contributed by atoms with van der Waals surface area (Å²) in [5.74, 6) is 1.00. The maximum Gasteiger partial charge on any atom is 0.258 e. The smallest absolute Gasteiger partial charge is 0.258 e. The Morgan fingerprint density at radius 1 is 0.904 bits per heavy atom. The number of carbonyl (C=O) groups excluding carboxylic acids is 4. The molecular weight excluding hydrogens is 986 g/mol. The van der Waals surface area contributed by atoms with Gasteiger partial charge in [0.2, 0.25) is 17.7 Å². The predicted molar refractivity (Wildman–Crippen MR) is 283 cm³/mol. The summed E-state index contributed by atoms with van der Waals surface area (Å²) in [7, 11) is 0. The number of thiazole rings is 1. The van der Waals surface area contributed by atoms with Gasteiger partial charge in [-0.05, 0) is 81.0 Å². The van der Waals surface area contributed by atoms with Crippen LogP contribution in [0.15, 0.2) is 77.4 Å². The van der Waals surface area contributed by atoms with Crippen LogP contribution < -0.4 is 20.3 Å². The van der Waals surface area contributed by atoms with E-state index in [1.54, 1.807) is 34.9 Å². The lowest BCUT2D eigenvalue weighted by atomic mass is 9.85. The number of hydrogen-bond donors (Lipinski definition) is 3. The largest absolute Gasteiger partial charge is 0.482 e. The van der Waals surface area contributed by atoms with Gasteiger partial charge < -0.3 is 35.2 Å². The number of nitrogens with one attached hydrogen (secondary N) is 2. The first kappa shape index (κ1) is 51.4. The number of carbonyl (C=O) groups is 4. The summed E-state index contributed by atoms with van der Waals surface area (Å²) in [5, 5.41) is 27.2. The average Bonchev–Trinajstić information content (AvgIpc) is 4.14. The summed E-state index contributed by atoms with van der Waals surface area (Å²) in [6.45, 7) is 17.1. The molecule has 2 fully saturated rings. The molecule has 0 saturated carbocycles. The third-order valence-electron chi connectivity index (χ3n) is 13.8. The number of hydrogen-bond acceptors (Lipinski definition) is 14. The number of rotatable bonds is 13. The molecule has 1 unspecified atom stereocenters. The number of β-amino-alcohol motifs (C(OH)–C–C–N with tert-alkyl or cyclic N) is 1. The van der Waals surface area contributed by atoms with Gasteiger partial charge in [-0.3, -0.25) is 28.7 Å². The van der Waals surface area contributed by atoms with Crippen LogP contribution >= 0.6 is 34.3 Å². The molecule has 6 aromatic rings. The number of aliphatic imine (C=N–C) groups is 1. The Balaban J connectivity index is 0.781. The summed E-state index contributed by atoms with van der Waals surface area (Å²) in [5.41, 5.74) is 7.79. The molecule has 3 N–H and O–H groups in total. The van der Waals surface area contributed by atoms with Crippen LogP contribution in [-0.2, 0) is 19.2 Å². The number of nitrogens with zero attached hydrogens (tertiary/aromatic N) is 9. The number of amides is 4. The van der Waals surface area contributed by atoms with Gasteiger partial charge in [0, 0.05) is 60.2 Å². The van der Waals surface area contributed by atoms with E-state index in [1.807, 2.05) is 111 Å². The normalized spacial score (nSPS) is 18.6. The maximum atomic E-state index is 14.2. The second-order valence-electron chi connectivity index (χ2n) is 20.0. The minimum absolute atomic E-state index is 0.0335. The predicted octanol–water partition coefficient (Wildman–Crippen LogP) is 7.11. The molecule has 7 heterocycles. The van der Waals surface area contributed by atoms with Crippen LogP contribution in [0.25, 0.3) is 15.4 Å². The van der Waals surface area contributed by atoms with E-state index in [0.717, 1.165) is 54.9 Å². The molecule has 0 aliphatic carbocycles. The van der Waals surface area contributed by atoms with E-state index >= 15 is 0 Å². The number of aliphatic hydroxyl groups is 1. The summed E-state index contributed by atoms with van der Waals surface area (Å²) >= 11 is 9.53. The van der Waals surface area contributed by atoms with E-state index in [2.05, 4.69) is 49.5 Å². The van der Waals surface area contributed by atoms with E-state index in [-0.39, 0.29) is 43.8 Å². The first-order valence-electron chi connectivity index (χ1n) is 24.4. The number of aromatic nitrogens is 5. The van der Waals surface area contributed by atoms with E-state index in [4.69, 9.17) is 21.3 Å². The lowest BCUT2D eigenvalue weighted by Crippen LogP contribution is -2.58. The minimum atomic E-state index is -1.02. The third kappa shape index (κ3) is 10.9. The molecule has 4 aromatic heterocycles. The van der Waals surface area contributed by atoms with Gasteiger partial charge in [-0.2, -0.15) is 0 Å². The van der Waals surface area contributed by atoms with Gasteiger partial charge in [0.05, 0.1) is 46.6 Å². The molecule has 0 spiro atoms. The van der Waals surface area contributed by atoms with Crippen LogP contribution in [0.4, 0.5) is 5.82 Å². The quantitative estimate of drug-likeness (QED) is 0.106. The maximum absolute atomic E-state index is 14.2. The molecule has 382 valence electrons. The molecule has 2 aromatic carbocycles. The Bertz CT molecular complexity index is 3050. The van der Waals surface area contributed by atoms with Gasteiger partial charge in [0.25, 0.3) is 5.91 Å². The minimum Gasteiger partial charge on any atom is -0.482 e. The average molecular weight is 1050 g/mol. The number of aryl methyl sites for hydroxylation is 3. The van der Waals surface area contributed by atoms with Gasteiger partial charge in [-0.1, -0.05) is 68.8 Å².